The van der Waals surface area contributed by atoms with Gasteiger partial charge in [0.2, 0.25) is 0 Å². The lowest BCUT2D eigenvalue weighted by Crippen LogP contribution is -2.40. The third kappa shape index (κ3) is 3.24. The molecule has 0 unspecified atom stereocenters. The molecule has 1 aliphatic heterocycles. The molecule has 0 aliphatic carbocycles. The molecule has 0 bridgehead atoms. The van der Waals surface area contributed by atoms with Gasteiger partial charge < -0.3 is 10.4 Å². The summed E-state index contributed by atoms with van der Waals surface area (Å²) >= 11 is 6.24. The SMILES string of the molecule is O=C1c2cccc3c(Nc4ccccc4Cl)c([N+](=O)[O-])cc(c23)C(=O)N1c1cccc(O)c1. The maximum atomic E-state index is 13.4. The monoisotopic (exact) mass is 459 g/mol. The molecule has 2 amide bonds. The summed E-state index contributed by atoms with van der Waals surface area (Å²) in [6.07, 6.45) is 0. The minimum atomic E-state index is -0.721. The molecule has 4 aromatic rings. The maximum Gasteiger partial charge on any atom is 0.294 e. The Bertz CT molecular complexity index is 1500. The van der Waals surface area contributed by atoms with Crippen molar-refractivity contribution in [2.45, 2.75) is 0 Å². The van der Waals surface area contributed by atoms with Crippen LogP contribution in [0, 0.1) is 10.1 Å². The van der Waals surface area contributed by atoms with Crippen molar-refractivity contribution < 1.29 is 19.6 Å². The smallest absolute Gasteiger partial charge is 0.294 e. The fourth-order valence-electron chi connectivity index (χ4n) is 3.99. The summed E-state index contributed by atoms with van der Waals surface area (Å²) in [4.78, 5) is 39.0. The molecule has 1 heterocycles. The third-order valence-corrected chi connectivity index (χ3v) is 5.76. The van der Waals surface area contributed by atoms with E-state index in [0.29, 0.717) is 21.5 Å². The van der Waals surface area contributed by atoms with Crippen LogP contribution in [0.1, 0.15) is 20.7 Å². The molecule has 0 saturated heterocycles. The number of hydrogen-bond donors (Lipinski definition) is 2. The van der Waals surface area contributed by atoms with Gasteiger partial charge in [0.05, 0.1) is 26.9 Å². The fourth-order valence-corrected chi connectivity index (χ4v) is 4.17. The van der Waals surface area contributed by atoms with Gasteiger partial charge >= 0.3 is 0 Å². The second-order valence-electron chi connectivity index (χ2n) is 7.37. The average molecular weight is 460 g/mol. The predicted octanol–water partition coefficient (Wildman–Crippen LogP) is 5.65. The van der Waals surface area contributed by atoms with E-state index in [1.165, 1.54) is 24.3 Å². The number of rotatable bonds is 4. The summed E-state index contributed by atoms with van der Waals surface area (Å²) in [5.41, 5.74) is 0.613. The highest BCUT2D eigenvalue weighted by molar-refractivity contribution is 6.37. The average Bonchev–Trinajstić information content (AvgIpc) is 2.79. The van der Waals surface area contributed by atoms with Gasteiger partial charge in [-0.3, -0.25) is 19.7 Å². The number of nitrogens with zero attached hydrogens (tertiary/aromatic N) is 2. The van der Waals surface area contributed by atoms with E-state index in [0.717, 1.165) is 11.0 Å². The lowest BCUT2D eigenvalue weighted by Gasteiger charge is -2.28. The van der Waals surface area contributed by atoms with Crippen LogP contribution in [0.5, 0.6) is 5.75 Å². The number of phenols is 1. The standard InChI is InChI=1S/C24H14ClN3O5/c25-18-9-1-2-10-19(18)26-22-15-7-4-8-16-21(15)17(12-20(22)28(32)33)24(31)27(23(16)30)13-5-3-6-14(29)11-13/h1-12,26,29H. The Balaban J connectivity index is 1.77. The molecule has 0 fully saturated rings. The fraction of sp³-hybridized carbons (Fsp3) is 0. The Kier molecular flexibility index (Phi) is 4.72. The van der Waals surface area contributed by atoms with Crippen molar-refractivity contribution in [3.8, 4) is 5.75 Å². The van der Waals surface area contributed by atoms with Crippen molar-refractivity contribution in [3.63, 3.8) is 0 Å². The highest BCUT2D eigenvalue weighted by Crippen LogP contribution is 2.43. The molecule has 5 rings (SSSR count). The Morgan fingerprint density at radius 1 is 0.909 bits per heavy atom. The van der Waals surface area contributed by atoms with E-state index < -0.39 is 16.7 Å². The van der Waals surface area contributed by atoms with Gasteiger partial charge in [0.1, 0.15) is 11.4 Å². The quantitative estimate of drug-likeness (QED) is 0.231. The van der Waals surface area contributed by atoms with E-state index in [2.05, 4.69) is 5.32 Å². The first-order valence-electron chi connectivity index (χ1n) is 9.80. The highest BCUT2D eigenvalue weighted by Gasteiger charge is 2.37. The van der Waals surface area contributed by atoms with Crippen LogP contribution in [0.4, 0.5) is 22.7 Å². The minimum Gasteiger partial charge on any atom is -0.508 e. The van der Waals surface area contributed by atoms with Crippen LogP contribution < -0.4 is 10.2 Å². The molecular formula is C24H14ClN3O5. The number of aromatic hydroxyl groups is 1. The van der Waals surface area contributed by atoms with Gasteiger partial charge in [0, 0.05) is 28.5 Å². The zero-order valence-corrected chi connectivity index (χ0v) is 17.5. The van der Waals surface area contributed by atoms with Gasteiger partial charge in [-0.1, -0.05) is 41.9 Å². The zero-order chi connectivity index (χ0) is 23.3. The molecule has 0 radical (unpaired) electrons. The van der Waals surface area contributed by atoms with E-state index in [4.69, 9.17) is 11.6 Å². The summed E-state index contributed by atoms with van der Waals surface area (Å²) < 4.78 is 0. The molecule has 0 spiro atoms. The predicted molar refractivity (Wildman–Crippen MR) is 125 cm³/mol. The molecule has 8 nitrogen and oxygen atoms in total. The van der Waals surface area contributed by atoms with Crippen molar-refractivity contribution >= 4 is 56.9 Å². The number of carbonyl (C=O) groups is 2. The molecule has 4 aromatic carbocycles. The molecule has 1 aliphatic rings. The number of anilines is 3. The van der Waals surface area contributed by atoms with E-state index in [1.807, 2.05) is 0 Å². The van der Waals surface area contributed by atoms with Crippen molar-refractivity contribution in [2.75, 3.05) is 10.2 Å². The zero-order valence-electron chi connectivity index (χ0n) is 16.8. The number of halogens is 1. The normalized spacial score (nSPS) is 12.8. The number of nitro groups is 1. The van der Waals surface area contributed by atoms with Gasteiger partial charge in [-0.25, -0.2) is 4.90 Å². The van der Waals surface area contributed by atoms with Gasteiger partial charge in [0.15, 0.2) is 0 Å². The largest absolute Gasteiger partial charge is 0.508 e. The van der Waals surface area contributed by atoms with Gasteiger partial charge in [-0.15, -0.1) is 0 Å². The summed E-state index contributed by atoms with van der Waals surface area (Å²) in [5, 5.41) is 25.8. The first-order chi connectivity index (χ1) is 15.9. The van der Waals surface area contributed by atoms with Crippen LogP contribution in [-0.4, -0.2) is 21.8 Å². The number of carbonyl (C=O) groups excluding carboxylic acids is 2. The molecule has 2 N–H and O–H groups in total. The van der Waals surface area contributed by atoms with Gasteiger partial charge in [-0.05, 0) is 30.3 Å². The van der Waals surface area contributed by atoms with E-state index >= 15 is 0 Å². The molecule has 9 heteroatoms. The second kappa shape index (κ2) is 7.61. The topological polar surface area (TPSA) is 113 Å². The number of para-hydroxylation sites is 1. The van der Waals surface area contributed by atoms with Crippen LogP contribution in [0.25, 0.3) is 10.8 Å². The minimum absolute atomic E-state index is 0.0138. The maximum absolute atomic E-state index is 13.4. The van der Waals surface area contributed by atoms with Crippen LogP contribution in [0.2, 0.25) is 5.02 Å². The molecule has 0 aromatic heterocycles. The van der Waals surface area contributed by atoms with E-state index in [-0.39, 0.29) is 33.9 Å². The lowest BCUT2D eigenvalue weighted by molar-refractivity contribution is -0.383. The number of hydrogen-bond acceptors (Lipinski definition) is 6. The Labute approximate surface area is 191 Å². The number of benzene rings is 4. The molecule has 33 heavy (non-hydrogen) atoms. The molecule has 0 saturated carbocycles. The Morgan fingerprint density at radius 2 is 1.64 bits per heavy atom. The first-order valence-corrected chi connectivity index (χ1v) is 10.2. The summed E-state index contributed by atoms with van der Waals surface area (Å²) in [6.45, 7) is 0. The number of phenolic OH excluding ortho intramolecular Hbond substituents is 1. The van der Waals surface area contributed by atoms with Crippen molar-refractivity contribution in [1.82, 2.24) is 0 Å². The van der Waals surface area contributed by atoms with Gasteiger partial charge in [-0.2, -0.15) is 0 Å². The Morgan fingerprint density at radius 3 is 2.36 bits per heavy atom. The third-order valence-electron chi connectivity index (χ3n) is 5.43. The molecule has 0 atom stereocenters. The van der Waals surface area contributed by atoms with Gasteiger partial charge in [0.25, 0.3) is 17.5 Å². The second-order valence-corrected chi connectivity index (χ2v) is 7.78. The van der Waals surface area contributed by atoms with E-state index in [9.17, 15) is 24.8 Å². The van der Waals surface area contributed by atoms with Crippen molar-refractivity contribution in [2.24, 2.45) is 0 Å². The molecule has 162 valence electrons. The van der Waals surface area contributed by atoms with Crippen LogP contribution >= 0.6 is 11.6 Å². The lowest BCUT2D eigenvalue weighted by atomic mass is 9.91. The highest BCUT2D eigenvalue weighted by atomic mass is 35.5. The van der Waals surface area contributed by atoms with Crippen LogP contribution in [0.15, 0.2) is 72.8 Å². The van der Waals surface area contributed by atoms with Crippen molar-refractivity contribution in [3.05, 3.63) is 99.1 Å². The van der Waals surface area contributed by atoms with Crippen molar-refractivity contribution in [1.29, 1.82) is 0 Å². The number of nitro benzene ring substituents is 1. The summed E-state index contributed by atoms with van der Waals surface area (Å²) in [7, 11) is 0. The van der Waals surface area contributed by atoms with Crippen LogP contribution in [-0.2, 0) is 0 Å². The first kappa shape index (κ1) is 20.5. The summed E-state index contributed by atoms with van der Waals surface area (Å²) in [6, 6.07) is 18.4. The number of nitrogens with one attached hydrogen (secondary N) is 1. The van der Waals surface area contributed by atoms with Crippen LogP contribution in [0.3, 0.4) is 0 Å². The Hall–Kier alpha value is -4.43. The molecular weight excluding hydrogens is 446 g/mol. The number of amides is 2. The number of imide groups is 1. The van der Waals surface area contributed by atoms with E-state index in [1.54, 1.807) is 42.5 Å². The summed E-state index contributed by atoms with van der Waals surface area (Å²) in [5.74, 6) is -1.44.